The Morgan fingerprint density at radius 1 is 1.26 bits per heavy atom. The van der Waals surface area contributed by atoms with Gasteiger partial charge in [-0.05, 0) is 25.3 Å². The summed E-state index contributed by atoms with van der Waals surface area (Å²) in [5.41, 5.74) is 12.4. The highest BCUT2D eigenvalue weighted by atomic mass is 16.5. The summed E-state index contributed by atoms with van der Waals surface area (Å²) in [6.45, 7) is 2.20. The number of nitrogens with two attached hydrogens (primary N) is 2. The van der Waals surface area contributed by atoms with E-state index in [-0.39, 0.29) is 6.04 Å². The van der Waals surface area contributed by atoms with Crippen molar-refractivity contribution < 1.29 is 9.53 Å². The second-order valence-corrected chi connectivity index (χ2v) is 4.53. The Bertz CT molecular complexity index is 402. The van der Waals surface area contributed by atoms with Crippen LogP contribution in [0.15, 0.2) is 42.5 Å². The smallest absolute Gasteiger partial charge is 0.326 e. The highest BCUT2D eigenvalue weighted by Crippen LogP contribution is 2.02. The maximum absolute atomic E-state index is 11.5. The van der Waals surface area contributed by atoms with Crippen LogP contribution < -0.4 is 11.5 Å². The van der Waals surface area contributed by atoms with Crippen molar-refractivity contribution in [1.82, 2.24) is 0 Å². The fourth-order valence-electron chi connectivity index (χ4n) is 1.56. The molecule has 0 aliphatic rings. The fraction of sp³-hybridized carbons (Fsp3) is 0.400. The lowest BCUT2D eigenvalue weighted by Crippen LogP contribution is -2.31. The number of esters is 1. The molecule has 0 aliphatic heterocycles. The summed E-state index contributed by atoms with van der Waals surface area (Å²) in [6.07, 6.45) is 4.94. The number of benzene rings is 1. The van der Waals surface area contributed by atoms with Crippen LogP contribution in [-0.2, 0) is 16.0 Å². The highest BCUT2D eigenvalue weighted by Gasteiger charge is 2.11. The summed E-state index contributed by atoms with van der Waals surface area (Å²) >= 11 is 0. The molecular formula is C15H22N2O2. The maximum atomic E-state index is 11.5. The Morgan fingerprint density at radius 2 is 1.95 bits per heavy atom. The minimum absolute atomic E-state index is 0.114. The second-order valence-electron chi connectivity index (χ2n) is 4.53. The van der Waals surface area contributed by atoms with Crippen molar-refractivity contribution >= 4 is 5.97 Å². The van der Waals surface area contributed by atoms with Gasteiger partial charge in [-0.1, -0.05) is 42.5 Å². The number of rotatable bonds is 7. The van der Waals surface area contributed by atoms with Crippen molar-refractivity contribution in [3.8, 4) is 0 Å². The van der Waals surface area contributed by atoms with Crippen molar-refractivity contribution in [3.63, 3.8) is 0 Å². The van der Waals surface area contributed by atoms with Crippen molar-refractivity contribution in [2.24, 2.45) is 11.5 Å². The Morgan fingerprint density at radius 3 is 2.58 bits per heavy atom. The summed E-state index contributed by atoms with van der Waals surface area (Å²) in [4.78, 5) is 11.5. The van der Waals surface area contributed by atoms with Gasteiger partial charge in [-0.25, -0.2) is 0 Å². The number of ether oxygens (including phenoxy) is 1. The first-order chi connectivity index (χ1) is 9.09. The molecule has 2 unspecified atom stereocenters. The molecule has 1 rings (SSSR count). The van der Waals surface area contributed by atoms with Gasteiger partial charge in [0.15, 0.2) is 0 Å². The van der Waals surface area contributed by atoms with E-state index in [0.29, 0.717) is 6.61 Å². The minimum atomic E-state index is -0.734. The number of carbonyl (C=O) groups is 1. The monoisotopic (exact) mass is 262 g/mol. The highest BCUT2D eigenvalue weighted by molar-refractivity contribution is 5.77. The lowest BCUT2D eigenvalue weighted by Gasteiger charge is -2.08. The largest absolute Gasteiger partial charge is 0.464 e. The molecule has 0 saturated carbocycles. The molecule has 104 valence electrons. The first-order valence-electron chi connectivity index (χ1n) is 6.49. The molecule has 0 fully saturated rings. The molecule has 0 spiro atoms. The standard InChI is InChI=1S/C15H22N2O2/c1-12(16)9-10-14(17)15(18)19-11-5-8-13-6-3-2-4-7-13/h2-4,6-7,9-10,12,14H,5,8,11,16-17H2,1H3/b10-9-. The first-order valence-corrected chi connectivity index (χ1v) is 6.49. The van der Waals surface area contributed by atoms with E-state index in [4.69, 9.17) is 16.2 Å². The summed E-state index contributed by atoms with van der Waals surface area (Å²) in [7, 11) is 0. The zero-order valence-electron chi connectivity index (χ0n) is 11.3. The molecular weight excluding hydrogens is 240 g/mol. The van der Waals surface area contributed by atoms with Crippen molar-refractivity contribution in [3.05, 3.63) is 48.0 Å². The molecule has 0 radical (unpaired) electrons. The molecule has 0 heterocycles. The van der Waals surface area contributed by atoms with Gasteiger partial charge in [0.25, 0.3) is 0 Å². The van der Waals surface area contributed by atoms with Gasteiger partial charge in [-0.2, -0.15) is 0 Å². The summed E-state index contributed by atoms with van der Waals surface area (Å²) in [6, 6.07) is 9.23. The van der Waals surface area contributed by atoms with Gasteiger partial charge in [0.1, 0.15) is 6.04 Å². The van der Waals surface area contributed by atoms with Crippen molar-refractivity contribution in [2.45, 2.75) is 31.8 Å². The van der Waals surface area contributed by atoms with E-state index >= 15 is 0 Å². The van der Waals surface area contributed by atoms with Crippen molar-refractivity contribution in [2.75, 3.05) is 6.61 Å². The molecule has 4 heteroatoms. The van der Waals surface area contributed by atoms with Gasteiger partial charge in [-0.15, -0.1) is 0 Å². The molecule has 1 aromatic carbocycles. The van der Waals surface area contributed by atoms with E-state index in [2.05, 4.69) is 12.1 Å². The molecule has 2 atom stereocenters. The van der Waals surface area contributed by atoms with Crippen LogP contribution in [0.3, 0.4) is 0 Å². The van der Waals surface area contributed by atoms with Crippen LogP contribution in [0, 0.1) is 0 Å². The van der Waals surface area contributed by atoms with Crippen LogP contribution in [0.25, 0.3) is 0 Å². The molecule has 4 N–H and O–H groups in total. The summed E-state index contributed by atoms with van der Waals surface area (Å²) < 4.78 is 5.10. The zero-order chi connectivity index (χ0) is 14.1. The quantitative estimate of drug-likeness (QED) is 0.442. The molecule has 0 amide bonds. The molecule has 4 nitrogen and oxygen atoms in total. The topological polar surface area (TPSA) is 78.3 Å². The number of aryl methyl sites for hydroxylation is 1. The summed E-state index contributed by atoms with van der Waals surface area (Å²) in [5, 5.41) is 0. The van der Waals surface area contributed by atoms with E-state index in [1.54, 1.807) is 12.2 Å². The average molecular weight is 262 g/mol. The van der Waals surface area contributed by atoms with Crippen LogP contribution >= 0.6 is 0 Å². The average Bonchev–Trinajstić information content (AvgIpc) is 2.41. The lowest BCUT2D eigenvalue weighted by molar-refractivity contribution is -0.144. The zero-order valence-corrected chi connectivity index (χ0v) is 11.3. The van der Waals surface area contributed by atoms with E-state index in [9.17, 15) is 4.79 Å². The van der Waals surface area contributed by atoms with Crippen LogP contribution in [0.1, 0.15) is 18.9 Å². The lowest BCUT2D eigenvalue weighted by atomic mass is 10.1. The summed E-state index contributed by atoms with van der Waals surface area (Å²) in [5.74, 6) is -0.412. The van der Waals surface area contributed by atoms with Gasteiger partial charge in [-0.3, -0.25) is 4.79 Å². The third-order valence-electron chi connectivity index (χ3n) is 2.59. The van der Waals surface area contributed by atoms with Crippen LogP contribution in [0.2, 0.25) is 0 Å². The molecule has 0 aromatic heterocycles. The number of hydrogen-bond donors (Lipinski definition) is 2. The van der Waals surface area contributed by atoms with Gasteiger partial charge in [0.05, 0.1) is 6.61 Å². The SMILES string of the molecule is CC(N)/C=C\C(N)C(=O)OCCCc1ccccc1. The third-order valence-corrected chi connectivity index (χ3v) is 2.59. The van der Waals surface area contributed by atoms with Gasteiger partial charge in [0.2, 0.25) is 0 Å². The fourth-order valence-corrected chi connectivity index (χ4v) is 1.56. The molecule has 1 aromatic rings. The van der Waals surface area contributed by atoms with Crippen molar-refractivity contribution in [1.29, 1.82) is 0 Å². The third kappa shape index (κ3) is 6.74. The molecule has 0 saturated heterocycles. The van der Waals surface area contributed by atoms with E-state index in [1.807, 2.05) is 25.1 Å². The second kappa shape index (κ2) is 8.45. The Hall–Kier alpha value is -1.65. The first kappa shape index (κ1) is 15.4. The molecule has 0 bridgehead atoms. The van der Waals surface area contributed by atoms with Crippen LogP contribution in [-0.4, -0.2) is 24.7 Å². The Kier molecular flexibility index (Phi) is 6.85. The van der Waals surface area contributed by atoms with Crippen LogP contribution in [0.5, 0.6) is 0 Å². The molecule has 19 heavy (non-hydrogen) atoms. The minimum Gasteiger partial charge on any atom is -0.464 e. The van der Waals surface area contributed by atoms with Crippen LogP contribution in [0.4, 0.5) is 0 Å². The predicted molar refractivity (Wildman–Crippen MR) is 76.5 cm³/mol. The number of hydrogen-bond acceptors (Lipinski definition) is 4. The molecule has 0 aliphatic carbocycles. The normalized spacial score (nSPS) is 14.3. The number of carbonyl (C=O) groups excluding carboxylic acids is 1. The van der Waals surface area contributed by atoms with E-state index in [0.717, 1.165) is 12.8 Å². The van der Waals surface area contributed by atoms with Gasteiger partial charge < -0.3 is 16.2 Å². The van der Waals surface area contributed by atoms with E-state index in [1.165, 1.54) is 5.56 Å². The maximum Gasteiger partial charge on any atom is 0.326 e. The van der Waals surface area contributed by atoms with Gasteiger partial charge in [0, 0.05) is 6.04 Å². The van der Waals surface area contributed by atoms with Gasteiger partial charge >= 0.3 is 5.97 Å². The Labute approximate surface area is 114 Å². The predicted octanol–water partition coefficient (Wildman–Crippen LogP) is 1.39. The van der Waals surface area contributed by atoms with E-state index < -0.39 is 12.0 Å². The Balaban J connectivity index is 2.20.